The molecular formula is C75H61CeErN10O19+. The molecule has 0 saturated carbocycles. The topological polar surface area (TPSA) is 514 Å². The van der Waals surface area contributed by atoms with Gasteiger partial charge in [0.05, 0.1) is 62.2 Å². The Bertz CT molecular complexity index is 3880. The summed E-state index contributed by atoms with van der Waals surface area (Å²) in [6.07, 6.45) is 23.3. The molecule has 7 N–H and O–H groups in total. The molecular weight excluding hydrogens is 1650 g/mol. The maximum atomic E-state index is 11.9. The van der Waals surface area contributed by atoms with E-state index in [1.54, 1.807) is 111 Å². The van der Waals surface area contributed by atoms with Crippen LogP contribution in [0, 0.1) is 94.4 Å². The minimum Gasteiger partial charge on any atom is -0.871 e. The number of carbonyl (C=O) groups is 6. The average molecular weight is 1710 g/mol. The van der Waals surface area contributed by atoms with Crippen molar-refractivity contribution in [1.29, 1.82) is 0 Å². The van der Waals surface area contributed by atoms with Crippen LogP contribution in [0.15, 0.2) is 329 Å². The molecule has 0 amide bonds. The fourth-order valence-corrected chi connectivity index (χ4v) is 6.80. The zero-order valence-corrected chi connectivity index (χ0v) is 60.0. The Morgan fingerprint density at radius 2 is 0.491 bits per heavy atom. The second-order valence-corrected chi connectivity index (χ2v) is 18.6. The van der Waals surface area contributed by atoms with E-state index in [4.69, 9.17) is 20.4 Å². The number of hydrogen-bond donors (Lipinski definition) is 4. The zero-order valence-electron chi connectivity index (χ0n) is 55.0. The van der Waals surface area contributed by atoms with Gasteiger partial charge in [0.15, 0.2) is 17.3 Å². The van der Waals surface area contributed by atoms with E-state index in [0.717, 1.165) is 18.2 Å². The molecule has 0 unspecified atom stereocenters. The van der Waals surface area contributed by atoms with Crippen LogP contribution in [0.25, 0.3) is 17.3 Å². The molecule has 0 atom stereocenters. The maximum absolute atomic E-state index is 11.9. The molecule has 2 radical (unpaired) electrons. The monoisotopic (exact) mass is 1710 g/mol. The molecule has 0 spiro atoms. The number of pyridine rings is 9. The number of carbonyl (C=O) groups excluding carboxylic acids is 5. The first-order valence-corrected chi connectivity index (χ1v) is 29.3. The Labute approximate surface area is 668 Å². The summed E-state index contributed by atoms with van der Waals surface area (Å²) in [6, 6.07) is 63.1. The van der Waals surface area contributed by atoms with Gasteiger partial charge in [0.1, 0.15) is 22.9 Å². The van der Waals surface area contributed by atoms with Crippen LogP contribution >= 0.6 is 0 Å². The minimum absolute atomic E-state index is 0. The molecule has 31 heteroatoms. The van der Waals surface area contributed by atoms with Crippen LogP contribution in [0.5, 0.6) is 17.2 Å². The summed E-state index contributed by atoms with van der Waals surface area (Å²) < 4.78 is 0. The van der Waals surface area contributed by atoms with E-state index in [0.29, 0.717) is 0 Å². The Hall–Kier alpha value is -12.8. The van der Waals surface area contributed by atoms with Crippen molar-refractivity contribution in [3.05, 3.63) is 395 Å². The van der Waals surface area contributed by atoms with Gasteiger partial charge in [-0.2, -0.15) is 0 Å². The number of phenolic OH excluding ortho intramolecular Hbond substituents is 3. The van der Waals surface area contributed by atoms with Gasteiger partial charge in [0, 0.05) is 74.4 Å². The van der Waals surface area contributed by atoms with E-state index in [9.17, 15) is 69.6 Å². The number of ketones is 3. The second-order valence-electron chi connectivity index (χ2n) is 18.6. The number of nitrogens with zero attached hydrogens (tertiary/aromatic N) is 10. The van der Waals surface area contributed by atoms with Crippen molar-refractivity contribution >= 4 is 52.5 Å². The number of rotatable bonds is 12. The van der Waals surface area contributed by atoms with Gasteiger partial charge in [-0.05, 0) is 164 Å². The van der Waals surface area contributed by atoms with Gasteiger partial charge in [0.2, 0.25) is 0 Å². The number of phenols is 3. The molecule has 12 rings (SSSR count). The fourth-order valence-electron chi connectivity index (χ4n) is 6.80. The van der Waals surface area contributed by atoms with Gasteiger partial charge in [-0.15, -0.1) is 0 Å². The summed E-state index contributed by atoms with van der Waals surface area (Å²) >= 11 is 0. The first kappa shape index (κ1) is 93.2. The van der Waals surface area contributed by atoms with E-state index in [1.807, 2.05) is 109 Å². The quantitative estimate of drug-likeness (QED) is 0.0277. The van der Waals surface area contributed by atoms with E-state index in [1.165, 1.54) is 91.0 Å². The SMILES string of the molecule is O=C(O)c1cccc(/C([O-])=C/C(=O)c2ccccc2O)n1.O=C([O-])c1cccc(/C([O-])=C/C(=O)c2ccccc2O)n1.O=C([O-])c1cccc(/C([O-])=C/C(=O)c2ccccc2O)n1.O=[N+]([O-])[O-].[Ce+3].[Er+3].[OH3+].c1ccncc1.c1ccncc1.c1ccncc1.c1ccncc1.c1ccncc1.c1ccncc1. The second kappa shape index (κ2) is 56.8. The van der Waals surface area contributed by atoms with Crippen molar-refractivity contribution in [2.45, 2.75) is 0 Å². The number of aromatic carboxylic acids is 3. The number of benzene rings is 3. The third-order valence-electron chi connectivity index (χ3n) is 11.3. The summed E-state index contributed by atoms with van der Waals surface area (Å²) in [6.45, 7) is 0. The summed E-state index contributed by atoms with van der Waals surface area (Å²) in [7, 11) is 0. The molecule has 0 saturated heterocycles. The Kier molecular flexibility index (Phi) is 50.0. The van der Waals surface area contributed by atoms with E-state index < -0.39 is 69.0 Å². The van der Waals surface area contributed by atoms with Gasteiger partial charge in [0.25, 0.3) is 0 Å². The van der Waals surface area contributed by atoms with Crippen LogP contribution in [0.2, 0.25) is 0 Å². The van der Waals surface area contributed by atoms with Crippen LogP contribution in [-0.2, 0) is 5.48 Å². The molecule has 0 fully saturated rings. The van der Waals surface area contributed by atoms with Crippen molar-refractivity contribution in [3.63, 3.8) is 0 Å². The van der Waals surface area contributed by atoms with Crippen LogP contribution in [0.1, 0.15) is 79.6 Å². The number of hydrogen-bond acceptors (Lipinski definition) is 26. The first-order valence-electron chi connectivity index (χ1n) is 29.3. The van der Waals surface area contributed by atoms with Gasteiger partial charge >= 0.3 is 85.0 Å². The average Bonchev–Trinajstić information content (AvgIpc) is 0.859. The van der Waals surface area contributed by atoms with Gasteiger partial charge < -0.3 is 76.3 Å². The molecule has 0 aliphatic carbocycles. The van der Waals surface area contributed by atoms with Crippen molar-refractivity contribution in [3.8, 4) is 17.2 Å². The van der Waals surface area contributed by atoms with Crippen molar-refractivity contribution < 1.29 is 164 Å². The van der Waals surface area contributed by atoms with Crippen LogP contribution in [-0.4, -0.2) is 106 Å². The molecule has 0 bridgehead atoms. The number of aromatic nitrogens is 9. The van der Waals surface area contributed by atoms with Gasteiger partial charge in [-0.1, -0.05) is 108 Å². The molecule has 29 nitrogen and oxygen atoms in total. The Balaban J connectivity index is 0.00000122. The normalized spacial score (nSPS) is 9.57. The van der Waals surface area contributed by atoms with E-state index in [2.05, 4.69) is 44.9 Å². The van der Waals surface area contributed by atoms with E-state index >= 15 is 0 Å². The number of para-hydroxylation sites is 3. The van der Waals surface area contributed by atoms with Crippen LogP contribution in [0.4, 0.5) is 0 Å². The number of aromatic hydroxyl groups is 3. The third kappa shape index (κ3) is 41.2. The molecule has 0 aliphatic heterocycles. The van der Waals surface area contributed by atoms with Crippen molar-refractivity contribution in [2.24, 2.45) is 0 Å². The fraction of sp³-hybridized carbons (Fsp3) is 0. The summed E-state index contributed by atoms with van der Waals surface area (Å²) in [4.78, 5) is 110. The first-order chi connectivity index (χ1) is 49.7. The zero-order chi connectivity index (χ0) is 75.2. The predicted octanol–water partition coefficient (Wildman–Crippen LogP) is 5.87. The van der Waals surface area contributed by atoms with Gasteiger partial charge in [-0.3, -0.25) is 44.3 Å². The van der Waals surface area contributed by atoms with Crippen LogP contribution < -0.4 is 25.5 Å². The summed E-state index contributed by atoms with van der Waals surface area (Å²) in [5.41, 5.74) is -1.69. The Morgan fingerprint density at radius 1 is 0.302 bits per heavy atom. The van der Waals surface area contributed by atoms with Crippen molar-refractivity contribution in [1.82, 2.24) is 44.9 Å². The van der Waals surface area contributed by atoms with Gasteiger partial charge in [-0.25, -0.2) is 19.7 Å². The van der Waals surface area contributed by atoms with Crippen LogP contribution in [0.3, 0.4) is 0 Å². The molecule has 12 aromatic rings. The Morgan fingerprint density at radius 3 is 0.660 bits per heavy atom. The number of carboxylic acid groups (broad SMARTS) is 3. The molecule has 106 heavy (non-hydrogen) atoms. The molecule has 9 aromatic heterocycles. The molecule has 0 aliphatic rings. The smallest absolute Gasteiger partial charge is 0.871 e. The molecule has 9 heterocycles. The number of carboxylic acids is 3. The van der Waals surface area contributed by atoms with Crippen molar-refractivity contribution in [2.75, 3.05) is 0 Å². The predicted molar refractivity (Wildman–Crippen MR) is 370 cm³/mol. The standard InChI is InChI=1S/3C15H11NO5.6C5H5N.Ce.Er.NO3.H2O/c3*17-12-7-2-1-4-9(12)13(18)8-14(19)10-5-3-6-11(16-10)15(20)21;6*1-2-4-6-5-3-1;;;2-1(3)4;/h3*1-8,17,19H,(H,20,21);6*1-5H;;;;1H2/q;;;;;;;;;2*+3;-1;/p-4/b3*14-8-;;;;;;;;;;. The third-order valence-corrected chi connectivity index (χ3v) is 11.3. The molecule has 540 valence electrons. The maximum Gasteiger partial charge on any atom is 3.00 e. The largest absolute Gasteiger partial charge is 3.00 e. The molecule has 3 aromatic carbocycles. The summed E-state index contributed by atoms with van der Waals surface area (Å²) in [5.74, 6) is -9.35. The number of allylic oxidation sites excluding steroid dienone is 3. The van der Waals surface area contributed by atoms with E-state index in [-0.39, 0.29) is 141 Å². The minimum atomic E-state index is -1.75. The summed E-state index contributed by atoms with van der Waals surface area (Å²) in [5, 5.41) is 109.